The van der Waals surface area contributed by atoms with E-state index in [0.717, 1.165) is 12.2 Å². The fourth-order valence-corrected chi connectivity index (χ4v) is 4.50. The van der Waals surface area contributed by atoms with Crippen molar-refractivity contribution in [2.24, 2.45) is 0 Å². The van der Waals surface area contributed by atoms with Crippen LogP contribution in [-0.4, -0.2) is 33.7 Å². The van der Waals surface area contributed by atoms with E-state index in [4.69, 9.17) is 16.3 Å². The molecule has 0 amide bonds. The fraction of sp³-hybridized carbons (Fsp3) is 0.333. The number of nitrogens with one attached hydrogen (secondary N) is 1. The maximum absolute atomic E-state index is 12.5. The highest BCUT2D eigenvalue weighted by molar-refractivity contribution is 7.92. The molecule has 1 heterocycles. The number of ether oxygens (including phenoxy) is 1. The minimum atomic E-state index is -3.72. The van der Waals surface area contributed by atoms with Crippen molar-refractivity contribution in [2.75, 3.05) is 29.4 Å². The third-order valence-corrected chi connectivity index (χ3v) is 6.08. The Bertz CT molecular complexity index is 851. The van der Waals surface area contributed by atoms with Crippen molar-refractivity contribution < 1.29 is 13.2 Å². The number of halogens is 1. The normalized spacial score (nSPS) is 17.3. The lowest BCUT2D eigenvalue weighted by Gasteiger charge is -2.43. The minimum Gasteiger partial charge on any atom is -0.377 e. The summed E-state index contributed by atoms with van der Waals surface area (Å²) in [6.45, 7) is 6.40. The molecule has 0 bridgehead atoms. The molecule has 7 heteroatoms. The third kappa shape index (κ3) is 3.92. The van der Waals surface area contributed by atoms with Crippen LogP contribution in [0.25, 0.3) is 0 Å². The number of sulfonamides is 1. The van der Waals surface area contributed by atoms with Crippen LogP contribution in [0.2, 0.25) is 5.02 Å². The summed E-state index contributed by atoms with van der Waals surface area (Å²) in [5.74, 6) is 0. The van der Waals surface area contributed by atoms with E-state index in [1.165, 1.54) is 6.07 Å². The summed E-state index contributed by atoms with van der Waals surface area (Å²) < 4.78 is 33.1. The molecule has 0 atom stereocenters. The summed E-state index contributed by atoms with van der Waals surface area (Å²) >= 11 is 6.00. The van der Waals surface area contributed by atoms with Gasteiger partial charge in [-0.2, -0.15) is 0 Å². The molecule has 2 aromatic rings. The van der Waals surface area contributed by atoms with Crippen molar-refractivity contribution in [2.45, 2.75) is 24.3 Å². The molecule has 0 saturated carbocycles. The maximum Gasteiger partial charge on any atom is 0.263 e. The van der Waals surface area contributed by atoms with Gasteiger partial charge in [0, 0.05) is 17.9 Å². The number of morpholine rings is 1. The van der Waals surface area contributed by atoms with E-state index in [9.17, 15) is 8.42 Å². The number of benzene rings is 2. The summed E-state index contributed by atoms with van der Waals surface area (Å²) in [4.78, 5) is 2.33. The Hall–Kier alpha value is -1.76. The van der Waals surface area contributed by atoms with Gasteiger partial charge in [-0.05, 0) is 50.2 Å². The van der Waals surface area contributed by atoms with Crippen molar-refractivity contribution in [3.8, 4) is 0 Å². The van der Waals surface area contributed by atoms with Crippen molar-refractivity contribution >= 4 is 33.0 Å². The third-order valence-electron chi connectivity index (χ3n) is 4.20. The lowest BCUT2D eigenvalue weighted by Crippen LogP contribution is -2.53. The zero-order valence-electron chi connectivity index (χ0n) is 14.2. The molecule has 134 valence electrons. The van der Waals surface area contributed by atoms with Gasteiger partial charge in [0.25, 0.3) is 10.0 Å². The Kier molecular flexibility index (Phi) is 4.95. The van der Waals surface area contributed by atoms with Crippen LogP contribution in [0.1, 0.15) is 13.8 Å². The molecule has 1 aliphatic heterocycles. The molecular formula is C18H21ClN2O3S. The van der Waals surface area contributed by atoms with Crippen LogP contribution in [0.3, 0.4) is 0 Å². The van der Waals surface area contributed by atoms with E-state index in [0.29, 0.717) is 18.9 Å². The zero-order valence-corrected chi connectivity index (χ0v) is 15.8. The monoisotopic (exact) mass is 380 g/mol. The Morgan fingerprint density at radius 2 is 1.80 bits per heavy atom. The molecule has 3 rings (SSSR count). The summed E-state index contributed by atoms with van der Waals surface area (Å²) in [6, 6.07) is 13.7. The first-order valence-corrected chi connectivity index (χ1v) is 9.88. The predicted molar refractivity (Wildman–Crippen MR) is 101 cm³/mol. The maximum atomic E-state index is 12.5. The molecule has 1 saturated heterocycles. The molecule has 1 fully saturated rings. The van der Waals surface area contributed by atoms with Crippen LogP contribution in [-0.2, 0) is 14.8 Å². The first kappa shape index (κ1) is 18.0. The largest absolute Gasteiger partial charge is 0.377 e. The van der Waals surface area contributed by atoms with Crippen LogP contribution in [0.15, 0.2) is 53.4 Å². The molecule has 25 heavy (non-hydrogen) atoms. The number of anilines is 2. The number of hydrogen-bond donors (Lipinski definition) is 1. The SMILES string of the molecule is CC1(C)COCCN1c1ccc(NS(=O)(=O)c2ccccc2Cl)cc1. The summed E-state index contributed by atoms with van der Waals surface area (Å²) in [7, 11) is -3.72. The second kappa shape index (κ2) is 6.86. The Morgan fingerprint density at radius 3 is 2.44 bits per heavy atom. The van der Waals surface area contributed by atoms with Crippen LogP contribution < -0.4 is 9.62 Å². The summed E-state index contributed by atoms with van der Waals surface area (Å²) in [5, 5.41) is 0.196. The van der Waals surface area contributed by atoms with Gasteiger partial charge in [0.2, 0.25) is 0 Å². The Morgan fingerprint density at radius 1 is 1.12 bits per heavy atom. The smallest absolute Gasteiger partial charge is 0.263 e. The van der Waals surface area contributed by atoms with Crippen LogP contribution >= 0.6 is 11.6 Å². The molecular weight excluding hydrogens is 360 g/mol. The van der Waals surface area contributed by atoms with E-state index >= 15 is 0 Å². The zero-order chi connectivity index (χ0) is 18.1. The highest BCUT2D eigenvalue weighted by Gasteiger charge is 2.30. The van der Waals surface area contributed by atoms with E-state index in [1.807, 2.05) is 12.1 Å². The van der Waals surface area contributed by atoms with E-state index in [2.05, 4.69) is 23.5 Å². The van der Waals surface area contributed by atoms with Gasteiger partial charge in [0.15, 0.2) is 0 Å². The molecule has 0 unspecified atom stereocenters. The molecule has 5 nitrogen and oxygen atoms in total. The van der Waals surface area contributed by atoms with E-state index < -0.39 is 10.0 Å². The van der Waals surface area contributed by atoms with Gasteiger partial charge >= 0.3 is 0 Å². The average molecular weight is 381 g/mol. The molecule has 2 aromatic carbocycles. The Balaban J connectivity index is 1.80. The summed E-state index contributed by atoms with van der Waals surface area (Å²) in [5.41, 5.74) is 1.43. The molecule has 0 aromatic heterocycles. The van der Waals surface area contributed by atoms with Gasteiger partial charge in [-0.25, -0.2) is 8.42 Å². The lowest BCUT2D eigenvalue weighted by atomic mass is 10.0. The quantitative estimate of drug-likeness (QED) is 0.877. The van der Waals surface area contributed by atoms with Gasteiger partial charge in [-0.3, -0.25) is 4.72 Å². The number of rotatable bonds is 4. The van der Waals surface area contributed by atoms with Gasteiger partial charge < -0.3 is 9.64 Å². The molecule has 0 radical (unpaired) electrons. The van der Waals surface area contributed by atoms with Gasteiger partial charge in [-0.15, -0.1) is 0 Å². The van der Waals surface area contributed by atoms with E-state index in [-0.39, 0.29) is 15.5 Å². The molecule has 1 aliphatic rings. The lowest BCUT2D eigenvalue weighted by molar-refractivity contribution is 0.0644. The highest BCUT2D eigenvalue weighted by Crippen LogP contribution is 2.29. The standard InChI is InChI=1S/C18H21ClN2O3S/c1-18(2)13-24-12-11-21(18)15-9-7-14(8-10-15)20-25(22,23)17-6-4-3-5-16(17)19/h3-10,20H,11-13H2,1-2H3. The van der Waals surface area contributed by atoms with Crippen LogP contribution in [0, 0.1) is 0 Å². The average Bonchev–Trinajstić information content (AvgIpc) is 2.55. The van der Waals surface area contributed by atoms with Crippen molar-refractivity contribution in [3.05, 3.63) is 53.6 Å². The summed E-state index contributed by atoms with van der Waals surface area (Å²) in [6.07, 6.45) is 0. The van der Waals surface area contributed by atoms with Crippen LogP contribution in [0.4, 0.5) is 11.4 Å². The first-order chi connectivity index (χ1) is 11.8. The fourth-order valence-electron chi connectivity index (χ4n) is 2.92. The number of nitrogens with zero attached hydrogens (tertiary/aromatic N) is 1. The molecule has 0 aliphatic carbocycles. The van der Waals surface area contributed by atoms with E-state index in [1.54, 1.807) is 30.3 Å². The van der Waals surface area contributed by atoms with Gasteiger partial charge in [0.05, 0.1) is 23.8 Å². The first-order valence-electron chi connectivity index (χ1n) is 8.02. The second-order valence-electron chi connectivity index (χ2n) is 6.60. The minimum absolute atomic E-state index is 0.0649. The topological polar surface area (TPSA) is 58.6 Å². The van der Waals surface area contributed by atoms with Crippen molar-refractivity contribution in [1.82, 2.24) is 0 Å². The predicted octanol–water partition coefficient (Wildman–Crippen LogP) is 3.76. The van der Waals surface area contributed by atoms with Crippen molar-refractivity contribution in [3.63, 3.8) is 0 Å². The van der Waals surface area contributed by atoms with Crippen LogP contribution in [0.5, 0.6) is 0 Å². The second-order valence-corrected chi connectivity index (χ2v) is 8.66. The van der Waals surface area contributed by atoms with Gasteiger partial charge in [0.1, 0.15) is 4.90 Å². The molecule has 0 spiro atoms. The molecule has 1 N–H and O–H groups in total. The number of hydrogen-bond acceptors (Lipinski definition) is 4. The van der Waals surface area contributed by atoms with Gasteiger partial charge in [-0.1, -0.05) is 23.7 Å². The highest BCUT2D eigenvalue weighted by atomic mass is 35.5. The Labute approximate surface area is 153 Å². The van der Waals surface area contributed by atoms with Crippen molar-refractivity contribution in [1.29, 1.82) is 0 Å².